The third kappa shape index (κ3) is 3.62. The second-order valence-electron chi connectivity index (χ2n) is 4.90. The van der Waals surface area contributed by atoms with E-state index in [0.29, 0.717) is 12.1 Å². The van der Waals surface area contributed by atoms with E-state index in [-0.39, 0.29) is 28.1 Å². The van der Waals surface area contributed by atoms with Crippen LogP contribution in [0.5, 0.6) is 0 Å². The van der Waals surface area contributed by atoms with Crippen LogP contribution in [0.2, 0.25) is 0 Å². The predicted octanol–water partition coefficient (Wildman–Crippen LogP) is -0.0947. The van der Waals surface area contributed by atoms with Gasteiger partial charge >= 0.3 is 0 Å². The zero-order valence-electron chi connectivity index (χ0n) is 10.7. The molecule has 1 unspecified atom stereocenters. The molecule has 1 aromatic carbocycles. The summed E-state index contributed by atoms with van der Waals surface area (Å²) in [7, 11) is -6.85. The van der Waals surface area contributed by atoms with E-state index in [1.165, 1.54) is 18.2 Å². The molecule has 5 N–H and O–H groups in total. The molecule has 1 saturated heterocycles. The minimum absolute atomic E-state index is 0.0381. The first kappa shape index (κ1) is 15.1. The van der Waals surface area contributed by atoms with Crippen LogP contribution in [0.3, 0.4) is 0 Å². The highest BCUT2D eigenvalue weighted by molar-refractivity contribution is 7.91. The number of rotatable bonds is 3. The predicted molar refractivity (Wildman–Crippen MR) is 77.5 cm³/mol. The molecule has 0 aliphatic carbocycles. The van der Waals surface area contributed by atoms with Crippen molar-refractivity contribution in [1.29, 1.82) is 0 Å². The second kappa shape index (κ2) is 5.23. The van der Waals surface area contributed by atoms with Crippen LogP contribution in [-0.4, -0.2) is 34.4 Å². The number of anilines is 2. The Kier molecular flexibility index (Phi) is 3.94. The average molecular weight is 319 g/mol. The van der Waals surface area contributed by atoms with Gasteiger partial charge in [0.15, 0.2) is 9.84 Å². The van der Waals surface area contributed by atoms with Crippen molar-refractivity contribution in [3.05, 3.63) is 18.2 Å². The van der Waals surface area contributed by atoms with E-state index in [2.05, 4.69) is 5.32 Å². The van der Waals surface area contributed by atoms with E-state index >= 15 is 0 Å². The lowest BCUT2D eigenvalue weighted by atomic mass is 10.1. The van der Waals surface area contributed by atoms with Gasteiger partial charge in [-0.1, -0.05) is 0 Å². The highest BCUT2D eigenvalue weighted by atomic mass is 32.2. The number of sulfonamides is 1. The summed E-state index contributed by atoms with van der Waals surface area (Å²) in [5, 5.41) is 8.08. The highest BCUT2D eigenvalue weighted by Gasteiger charge is 2.24. The van der Waals surface area contributed by atoms with Gasteiger partial charge in [0.1, 0.15) is 4.90 Å². The Morgan fingerprint density at radius 3 is 2.55 bits per heavy atom. The van der Waals surface area contributed by atoms with Gasteiger partial charge in [-0.05, 0) is 31.0 Å². The van der Waals surface area contributed by atoms with Crippen LogP contribution in [0.4, 0.5) is 11.4 Å². The van der Waals surface area contributed by atoms with Gasteiger partial charge in [0.05, 0.1) is 17.2 Å². The average Bonchev–Trinajstić information content (AvgIpc) is 2.25. The molecule has 0 amide bonds. The Labute approximate surface area is 118 Å². The molecule has 0 spiro atoms. The summed E-state index contributed by atoms with van der Waals surface area (Å²) in [6.45, 7) is 0. The number of hydrogen-bond acceptors (Lipinski definition) is 6. The molecule has 0 aromatic heterocycles. The maximum absolute atomic E-state index is 11.5. The molecule has 1 atom stereocenters. The lowest BCUT2D eigenvalue weighted by Crippen LogP contribution is -2.34. The van der Waals surface area contributed by atoms with Gasteiger partial charge in [0.2, 0.25) is 10.0 Å². The Morgan fingerprint density at radius 1 is 1.30 bits per heavy atom. The topological polar surface area (TPSA) is 132 Å². The molecule has 1 aliphatic rings. The van der Waals surface area contributed by atoms with Crippen molar-refractivity contribution in [2.45, 2.75) is 23.8 Å². The van der Waals surface area contributed by atoms with Crippen LogP contribution in [0.15, 0.2) is 23.1 Å². The van der Waals surface area contributed by atoms with Crippen molar-refractivity contribution in [3.63, 3.8) is 0 Å². The van der Waals surface area contributed by atoms with E-state index in [0.717, 1.165) is 6.42 Å². The molecule has 2 rings (SSSR count). The molecule has 112 valence electrons. The largest absolute Gasteiger partial charge is 0.398 e. The summed E-state index contributed by atoms with van der Waals surface area (Å²) in [6.07, 6.45) is 1.36. The lowest BCUT2D eigenvalue weighted by molar-refractivity contribution is 0.562. The number of primary sulfonamides is 1. The first-order chi connectivity index (χ1) is 9.17. The normalized spacial score (nSPS) is 22.4. The van der Waals surface area contributed by atoms with Gasteiger partial charge in [-0.3, -0.25) is 0 Å². The molecule has 0 saturated carbocycles. The number of nitrogens with one attached hydrogen (secondary N) is 1. The molecule has 1 fully saturated rings. The second-order valence-corrected chi connectivity index (χ2v) is 8.65. The third-order valence-electron chi connectivity index (χ3n) is 3.15. The fraction of sp³-hybridized carbons (Fsp3) is 0.455. The highest BCUT2D eigenvalue weighted by Crippen LogP contribution is 2.23. The minimum Gasteiger partial charge on any atom is -0.398 e. The molecular formula is C11H17N3O4S2. The molecule has 1 aromatic rings. The van der Waals surface area contributed by atoms with Crippen LogP contribution in [0, 0.1) is 0 Å². The van der Waals surface area contributed by atoms with Crippen LogP contribution in [0.25, 0.3) is 0 Å². The summed E-state index contributed by atoms with van der Waals surface area (Å²) in [5.41, 5.74) is 6.27. The Hall–Kier alpha value is -1.32. The molecule has 9 heteroatoms. The summed E-state index contributed by atoms with van der Waals surface area (Å²) in [5.74, 6) is 0.293. The van der Waals surface area contributed by atoms with Crippen molar-refractivity contribution in [3.8, 4) is 0 Å². The van der Waals surface area contributed by atoms with Crippen LogP contribution < -0.4 is 16.2 Å². The van der Waals surface area contributed by atoms with Crippen LogP contribution in [-0.2, 0) is 19.9 Å². The maximum atomic E-state index is 11.5. The molecule has 1 aliphatic heterocycles. The van der Waals surface area contributed by atoms with E-state index < -0.39 is 19.9 Å². The molecule has 0 bridgehead atoms. The first-order valence-electron chi connectivity index (χ1n) is 6.07. The SMILES string of the molecule is Nc1cc(NC2CCCS(=O)(=O)C2)ccc1S(N)(=O)=O. The van der Waals surface area contributed by atoms with Crippen molar-refractivity contribution in [2.75, 3.05) is 22.6 Å². The van der Waals surface area contributed by atoms with E-state index in [4.69, 9.17) is 10.9 Å². The molecule has 1 heterocycles. The monoisotopic (exact) mass is 319 g/mol. The fourth-order valence-electron chi connectivity index (χ4n) is 2.27. The van der Waals surface area contributed by atoms with Gasteiger partial charge in [0, 0.05) is 11.7 Å². The minimum atomic E-state index is -3.85. The van der Waals surface area contributed by atoms with E-state index in [1.807, 2.05) is 0 Å². The fourth-order valence-corrected chi connectivity index (χ4v) is 4.55. The summed E-state index contributed by atoms with van der Waals surface area (Å²) in [4.78, 5) is -0.140. The zero-order chi connectivity index (χ0) is 15.0. The van der Waals surface area contributed by atoms with Gasteiger partial charge in [-0.2, -0.15) is 0 Å². The first-order valence-corrected chi connectivity index (χ1v) is 9.43. The number of nitrogen functional groups attached to an aromatic ring is 1. The molecule has 20 heavy (non-hydrogen) atoms. The smallest absolute Gasteiger partial charge is 0.240 e. The van der Waals surface area contributed by atoms with Crippen molar-refractivity contribution in [2.24, 2.45) is 5.14 Å². The van der Waals surface area contributed by atoms with Gasteiger partial charge in [-0.15, -0.1) is 0 Å². The molecule has 0 radical (unpaired) electrons. The standard InChI is InChI=1S/C11H17N3O4S2/c12-10-6-8(3-4-11(10)20(13,17)18)14-9-2-1-5-19(15,16)7-9/h3-4,6,9,14H,1-2,5,7,12H2,(H2,13,17,18). The van der Waals surface area contributed by atoms with Gasteiger partial charge in [0.25, 0.3) is 0 Å². The Bertz CT molecular complexity index is 713. The molecule has 7 nitrogen and oxygen atoms in total. The number of nitrogens with two attached hydrogens (primary N) is 2. The van der Waals surface area contributed by atoms with E-state index in [1.54, 1.807) is 0 Å². The summed E-state index contributed by atoms with van der Waals surface area (Å²) < 4.78 is 45.6. The Morgan fingerprint density at radius 2 is 2.00 bits per heavy atom. The summed E-state index contributed by atoms with van der Waals surface area (Å²) >= 11 is 0. The van der Waals surface area contributed by atoms with Crippen molar-refractivity contribution >= 4 is 31.2 Å². The zero-order valence-corrected chi connectivity index (χ0v) is 12.4. The van der Waals surface area contributed by atoms with Gasteiger partial charge in [-0.25, -0.2) is 22.0 Å². The van der Waals surface area contributed by atoms with Crippen molar-refractivity contribution in [1.82, 2.24) is 0 Å². The van der Waals surface area contributed by atoms with Crippen LogP contribution >= 0.6 is 0 Å². The molecular weight excluding hydrogens is 302 g/mol. The Balaban J connectivity index is 2.17. The number of sulfone groups is 1. The van der Waals surface area contributed by atoms with E-state index in [9.17, 15) is 16.8 Å². The summed E-state index contributed by atoms with van der Waals surface area (Å²) in [6, 6.07) is 4.09. The quantitative estimate of drug-likeness (QED) is 0.667. The van der Waals surface area contributed by atoms with Crippen LogP contribution in [0.1, 0.15) is 12.8 Å². The maximum Gasteiger partial charge on any atom is 0.240 e. The van der Waals surface area contributed by atoms with Gasteiger partial charge < -0.3 is 11.1 Å². The lowest BCUT2D eigenvalue weighted by Gasteiger charge is -2.24. The third-order valence-corrected chi connectivity index (χ3v) is 5.96. The van der Waals surface area contributed by atoms with Crippen molar-refractivity contribution < 1.29 is 16.8 Å². The number of benzene rings is 1. The number of hydrogen-bond donors (Lipinski definition) is 3.